The lowest BCUT2D eigenvalue weighted by Crippen LogP contribution is -2.14. The molecule has 1 heterocycles. The quantitative estimate of drug-likeness (QED) is 0.119. The molecule has 0 aliphatic heterocycles. The summed E-state index contributed by atoms with van der Waals surface area (Å²) in [5.41, 5.74) is 6.22. The molecule has 4 rings (SSSR count). The van der Waals surface area contributed by atoms with Crippen molar-refractivity contribution in [2.24, 2.45) is 5.18 Å². The molecule has 0 radical (unpaired) electrons. The predicted octanol–water partition coefficient (Wildman–Crippen LogP) is 7.54. The molecule has 3 aromatic carbocycles. The normalized spacial score (nSPS) is 10.9. The number of aryl methyl sites for hydroxylation is 2. The van der Waals surface area contributed by atoms with Gasteiger partial charge >= 0.3 is 5.97 Å². The van der Waals surface area contributed by atoms with Crippen LogP contribution in [0.5, 0.6) is 0 Å². The number of aromatic nitrogens is 1. The summed E-state index contributed by atoms with van der Waals surface area (Å²) in [7, 11) is 0. The van der Waals surface area contributed by atoms with Crippen molar-refractivity contribution in [3.63, 3.8) is 0 Å². The number of ketones is 1. The maximum atomic E-state index is 13.5. The third-order valence-corrected chi connectivity index (χ3v) is 6.55. The molecular weight excluding hydrogens is 476 g/mol. The number of carbonyl (C=O) groups excluding carboxylic acids is 2. The van der Waals surface area contributed by atoms with Crippen LogP contribution in [0, 0.1) is 11.8 Å². The van der Waals surface area contributed by atoms with Crippen molar-refractivity contribution in [3.05, 3.63) is 129 Å². The van der Waals surface area contributed by atoms with E-state index in [2.05, 4.69) is 23.6 Å². The van der Waals surface area contributed by atoms with Crippen LogP contribution in [0.1, 0.15) is 75.0 Å². The van der Waals surface area contributed by atoms with Crippen LogP contribution < -0.4 is 0 Å². The van der Waals surface area contributed by atoms with E-state index in [0.717, 1.165) is 28.1 Å². The van der Waals surface area contributed by atoms with E-state index in [0.29, 0.717) is 36.2 Å². The number of nitroso groups, excluding NO2 is 1. The van der Waals surface area contributed by atoms with Gasteiger partial charge in [0.15, 0.2) is 5.78 Å². The van der Waals surface area contributed by atoms with Crippen molar-refractivity contribution in [1.29, 1.82) is 0 Å². The number of nitrogens with zero attached hydrogens (tertiary/aromatic N) is 2. The zero-order valence-electron chi connectivity index (χ0n) is 22.0. The number of hydrogen-bond donors (Lipinski definition) is 0. The molecule has 4 aromatic rings. The molecule has 0 fully saturated rings. The lowest BCUT2D eigenvalue weighted by molar-refractivity contribution is 0.0463. The van der Waals surface area contributed by atoms with E-state index in [-0.39, 0.29) is 18.3 Å². The van der Waals surface area contributed by atoms with Crippen molar-refractivity contribution in [1.82, 2.24) is 4.57 Å². The number of rotatable bonds is 11. The van der Waals surface area contributed by atoms with Crippen LogP contribution in [0.25, 0.3) is 0 Å². The Labute approximate surface area is 223 Å². The summed E-state index contributed by atoms with van der Waals surface area (Å²) in [4.78, 5) is 37.1. The molecule has 0 spiro atoms. The number of benzene rings is 3. The summed E-state index contributed by atoms with van der Waals surface area (Å²) in [6, 6.07) is 26.2. The maximum Gasteiger partial charge on any atom is 0.338 e. The van der Waals surface area contributed by atoms with Crippen molar-refractivity contribution in [2.45, 2.75) is 52.7 Å². The van der Waals surface area contributed by atoms with Gasteiger partial charge in [-0.05, 0) is 65.9 Å². The summed E-state index contributed by atoms with van der Waals surface area (Å²) >= 11 is 0. The molecule has 6 heteroatoms. The minimum absolute atomic E-state index is 0.0103. The molecule has 0 saturated carbocycles. The van der Waals surface area contributed by atoms with Gasteiger partial charge in [0.25, 0.3) is 0 Å². The summed E-state index contributed by atoms with van der Waals surface area (Å²) < 4.78 is 7.81. The molecule has 6 nitrogen and oxygen atoms in total. The average Bonchev–Trinajstić information content (AvgIpc) is 3.29. The minimum atomic E-state index is -0.403. The Kier molecular flexibility index (Phi) is 8.64. The number of ether oxygens (including phenoxy) is 1. The highest BCUT2D eigenvalue weighted by Gasteiger charge is 2.23. The fraction of sp³-hybridized carbons (Fsp3) is 0.250. The fourth-order valence-electron chi connectivity index (χ4n) is 4.61. The van der Waals surface area contributed by atoms with E-state index in [9.17, 15) is 14.5 Å². The third-order valence-electron chi connectivity index (χ3n) is 6.55. The molecule has 0 unspecified atom stereocenters. The second-order valence-electron chi connectivity index (χ2n) is 9.79. The van der Waals surface area contributed by atoms with E-state index in [1.54, 1.807) is 30.3 Å². The lowest BCUT2D eigenvalue weighted by atomic mass is 9.98. The van der Waals surface area contributed by atoms with Crippen molar-refractivity contribution in [2.75, 3.05) is 0 Å². The molecule has 0 aliphatic rings. The monoisotopic (exact) mass is 508 g/mol. The largest absolute Gasteiger partial charge is 0.456 e. The molecule has 0 aliphatic carbocycles. The summed E-state index contributed by atoms with van der Waals surface area (Å²) in [5, 5.41) is 2.99. The maximum absolute atomic E-state index is 13.5. The van der Waals surface area contributed by atoms with E-state index in [1.165, 1.54) is 0 Å². The SMILES string of the molecule is Cc1ccc(C(=O)OCc2cc(C(=O)CCc3cccc(N=O)c3)c(C(C)C)n2Cc2ccccc2)cc1. The smallest absolute Gasteiger partial charge is 0.338 e. The first-order chi connectivity index (χ1) is 18.4. The van der Waals surface area contributed by atoms with E-state index >= 15 is 0 Å². The van der Waals surface area contributed by atoms with Gasteiger partial charge in [-0.1, -0.05) is 74.0 Å². The Balaban J connectivity index is 1.62. The van der Waals surface area contributed by atoms with E-state index in [1.807, 2.05) is 61.5 Å². The van der Waals surface area contributed by atoms with Crippen molar-refractivity contribution < 1.29 is 14.3 Å². The van der Waals surface area contributed by atoms with Gasteiger partial charge in [0.05, 0.1) is 11.3 Å². The number of carbonyl (C=O) groups is 2. The number of Topliss-reactive ketones (excluding diaryl/α,β-unsaturated/α-hetero) is 1. The van der Waals surface area contributed by atoms with Gasteiger partial charge in [-0.3, -0.25) is 4.79 Å². The van der Waals surface area contributed by atoms with E-state index < -0.39 is 5.97 Å². The molecule has 1 aromatic heterocycles. The lowest BCUT2D eigenvalue weighted by Gasteiger charge is -2.17. The summed E-state index contributed by atoms with van der Waals surface area (Å²) in [6.07, 6.45) is 0.793. The van der Waals surface area contributed by atoms with Crippen LogP contribution in [0.2, 0.25) is 0 Å². The van der Waals surface area contributed by atoms with Crippen LogP contribution in [-0.2, 0) is 24.3 Å². The van der Waals surface area contributed by atoms with Gasteiger partial charge < -0.3 is 9.30 Å². The summed E-state index contributed by atoms with van der Waals surface area (Å²) in [5.74, 6) is -0.321. The van der Waals surface area contributed by atoms with Gasteiger partial charge in [0, 0.05) is 24.2 Å². The van der Waals surface area contributed by atoms with Crippen LogP contribution in [0.15, 0.2) is 90.1 Å². The van der Waals surface area contributed by atoms with Crippen molar-refractivity contribution in [3.8, 4) is 0 Å². The molecule has 194 valence electrons. The van der Waals surface area contributed by atoms with E-state index in [4.69, 9.17) is 4.74 Å². The first-order valence-corrected chi connectivity index (χ1v) is 12.8. The van der Waals surface area contributed by atoms with Gasteiger partial charge in [-0.15, -0.1) is 4.91 Å². The number of esters is 1. The van der Waals surface area contributed by atoms with Crippen LogP contribution in [0.3, 0.4) is 0 Å². The second kappa shape index (κ2) is 12.3. The fourth-order valence-corrected chi connectivity index (χ4v) is 4.61. The van der Waals surface area contributed by atoms with Gasteiger partial charge in [0.2, 0.25) is 0 Å². The zero-order chi connectivity index (χ0) is 27.1. The molecule has 38 heavy (non-hydrogen) atoms. The van der Waals surface area contributed by atoms with Gasteiger partial charge in [0.1, 0.15) is 12.3 Å². The van der Waals surface area contributed by atoms with Crippen LogP contribution in [-0.4, -0.2) is 16.3 Å². The second-order valence-corrected chi connectivity index (χ2v) is 9.79. The average molecular weight is 509 g/mol. The van der Waals surface area contributed by atoms with Gasteiger partial charge in [-0.25, -0.2) is 4.79 Å². The Morgan fingerprint density at radius 1 is 0.895 bits per heavy atom. The molecule has 0 saturated heterocycles. The Morgan fingerprint density at radius 3 is 2.29 bits per heavy atom. The van der Waals surface area contributed by atoms with Crippen LogP contribution in [0.4, 0.5) is 5.69 Å². The molecular formula is C32H32N2O4. The number of hydrogen-bond acceptors (Lipinski definition) is 5. The topological polar surface area (TPSA) is 77.7 Å². The predicted molar refractivity (Wildman–Crippen MR) is 149 cm³/mol. The molecule has 0 N–H and O–H groups in total. The Morgan fingerprint density at radius 2 is 1.61 bits per heavy atom. The van der Waals surface area contributed by atoms with Gasteiger partial charge in [-0.2, -0.15) is 0 Å². The first kappa shape index (κ1) is 26.7. The highest BCUT2D eigenvalue weighted by atomic mass is 16.5. The Bertz CT molecular complexity index is 1420. The standard InChI is InChI=1S/C32H32N2O4/c1-22(2)31-29(30(35)17-14-24-10-7-11-27(18-24)33-37)19-28(34(31)20-25-8-5-4-6-9-25)21-38-32(36)26-15-12-23(3)13-16-26/h4-13,15-16,18-19,22H,14,17,20-21H2,1-3H3. The molecule has 0 bridgehead atoms. The Hall–Kier alpha value is -4.32. The van der Waals surface area contributed by atoms with Crippen LogP contribution >= 0.6 is 0 Å². The molecule has 0 amide bonds. The first-order valence-electron chi connectivity index (χ1n) is 12.8. The zero-order valence-corrected chi connectivity index (χ0v) is 22.0. The highest BCUT2D eigenvalue weighted by molar-refractivity contribution is 5.98. The third kappa shape index (κ3) is 6.51. The summed E-state index contributed by atoms with van der Waals surface area (Å²) in [6.45, 7) is 6.71. The highest BCUT2D eigenvalue weighted by Crippen LogP contribution is 2.28. The molecule has 0 atom stereocenters. The minimum Gasteiger partial charge on any atom is -0.456 e. The van der Waals surface area contributed by atoms with Crippen molar-refractivity contribution >= 4 is 17.4 Å².